The number of carbonyl (C=O) groups is 2. The second kappa shape index (κ2) is 14.7. The van der Waals surface area contributed by atoms with E-state index in [2.05, 4.69) is 54.4 Å². The van der Waals surface area contributed by atoms with E-state index in [0.717, 1.165) is 5.57 Å². The lowest BCUT2D eigenvalue weighted by molar-refractivity contribution is -0.156. The van der Waals surface area contributed by atoms with Crippen LogP contribution in [0.4, 0.5) is 5.82 Å². The monoisotopic (exact) mass is 752 g/mol. The van der Waals surface area contributed by atoms with Crippen molar-refractivity contribution in [2.45, 2.75) is 77.1 Å². The fraction of sp³-hybridized carbons (Fsp3) is 0.487. The molecule has 5 heterocycles. The molecule has 16 nitrogen and oxygen atoms in total. The number of nitrogens with one attached hydrogen (secondary N) is 4. The number of aromatic nitrogens is 3. The average Bonchev–Trinajstić information content (AvgIpc) is 3.89. The SMILES string of the molecule is C=C1C(NC(C)C(=O)CC2=NCC=N2)CC2[C@](C)(CC[C@@H](O)[C@@]2(C)CO)C1CC(Nc1ccccn1)c1cc(C=c2nc3c(n2C)=NC(=N)NC3=O)oc1O. The molecule has 5 unspecified atom stereocenters. The maximum absolute atomic E-state index is 13.4. The minimum Gasteiger partial charge on any atom is -0.480 e. The Morgan fingerprint density at radius 3 is 2.82 bits per heavy atom. The molecule has 0 radical (unpaired) electrons. The van der Waals surface area contributed by atoms with Gasteiger partial charge in [-0.3, -0.25) is 25.3 Å². The number of hydrogen-bond acceptors (Lipinski definition) is 13. The third-order valence-electron chi connectivity index (χ3n) is 12.3. The van der Waals surface area contributed by atoms with Crippen molar-refractivity contribution in [1.82, 2.24) is 25.2 Å². The van der Waals surface area contributed by atoms with Gasteiger partial charge >= 0.3 is 0 Å². The van der Waals surface area contributed by atoms with Gasteiger partial charge < -0.3 is 34.9 Å². The maximum Gasteiger partial charge on any atom is 0.287 e. The minimum atomic E-state index is -0.820. The first-order valence-electron chi connectivity index (χ1n) is 18.6. The normalized spacial score (nSPS) is 28.9. The summed E-state index contributed by atoms with van der Waals surface area (Å²) in [5.41, 5.74) is 0.717. The Kier molecular flexibility index (Phi) is 10.2. The summed E-state index contributed by atoms with van der Waals surface area (Å²) in [6.45, 7) is 10.9. The lowest BCUT2D eigenvalue weighted by Gasteiger charge is -2.62. The van der Waals surface area contributed by atoms with Crippen molar-refractivity contribution in [2.24, 2.45) is 44.7 Å². The number of anilines is 1. The van der Waals surface area contributed by atoms with Crippen molar-refractivity contribution in [3.05, 3.63) is 70.6 Å². The number of amides is 1. The Bertz CT molecular complexity index is 2210. The zero-order chi connectivity index (χ0) is 39.2. The third-order valence-corrected chi connectivity index (χ3v) is 12.3. The van der Waals surface area contributed by atoms with Crippen LogP contribution in [0.2, 0.25) is 0 Å². The topological polar surface area (TPSA) is 236 Å². The Labute approximate surface area is 317 Å². The number of rotatable bonds is 12. The number of aliphatic hydroxyl groups is 2. The number of amidine groups is 1. The third kappa shape index (κ3) is 7.05. The average molecular weight is 753 g/mol. The molecule has 2 saturated carbocycles. The second-order valence-corrected chi connectivity index (χ2v) is 15.6. The second-order valence-electron chi connectivity index (χ2n) is 15.6. The van der Waals surface area contributed by atoms with Crippen molar-refractivity contribution in [2.75, 3.05) is 18.5 Å². The van der Waals surface area contributed by atoms with Crippen molar-refractivity contribution in [3.63, 3.8) is 0 Å². The zero-order valence-electron chi connectivity index (χ0n) is 31.4. The van der Waals surface area contributed by atoms with Gasteiger partial charge in [-0.05, 0) is 68.1 Å². The van der Waals surface area contributed by atoms with Gasteiger partial charge in [-0.1, -0.05) is 32.1 Å². The number of aliphatic hydroxyl groups excluding tert-OH is 2. The number of imidazole rings is 1. The highest BCUT2D eigenvalue weighted by molar-refractivity contribution is 6.07. The van der Waals surface area contributed by atoms with E-state index in [9.17, 15) is 24.9 Å². The summed E-state index contributed by atoms with van der Waals surface area (Å²) in [6.07, 6.45) is 6.47. The first-order chi connectivity index (χ1) is 26.2. The summed E-state index contributed by atoms with van der Waals surface area (Å²) in [7, 11) is 1.67. The van der Waals surface area contributed by atoms with Crippen LogP contribution in [-0.2, 0) is 11.8 Å². The number of furan rings is 1. The van der Waals surface area contributed by atoms with Crippen molar-refractivity contribution in [1.29, 1.82) is 5.41 Å². The standard InChI is InChI=1S/C39H48N10O6/c1-20-24(38(3)10-9-29(52)39(4,19-50)28(38)17-25(20)44-21(2)27(51)18-31-42-12-13-43-31)16-26(45-30-8-6-7-11-41-30)23-14-22(55-36(23)54)15-32-46-33-34(49(32)5)47-37(40)48-35(33)53/h6-8,11-12,14-15,21,24-26,28-29,44,50,52,54H,1,9-10,13,16-19H2,2-5H3,(H,41,45)(H2,40,48,53)/t21?,24?,25?,26?,28?,29-,38-,39+/m1/s1. The largest absolute Gasteiger partial charge is 0.480 e. The van der Waals surface area contributed by atoms with Crippen LogP contribution >= 0.6 is 0 Å². The van der Waals surface area contributed by atoms with Crippen LogP contribution in [0.25, 0.3) is 6.08 Å². The molecule has 7 rings (SSSR count). The number of aromatic hydroxyl groups is 1. The molecule has 8 atom stereocenters. The molecule has 16 heteroatoms. The first-order valence-corrected chi connectivity index (χ1v) is 18.6. The fourth-order valence-electron chi connectivity index (χ4n) is 9.10. The van der Waals surface area contributed by atoms with Crippen molar-refractivity contribution in [3.8, 4) is 5.95 Å². The van der Waals surface area contributed by atoms with Crippen LogP contribution < -0.4 is 26.9 Å². The predicted molar refractivity (Wildman–Crippen MR) is 204 cm³/mol. The summed E-state index contributed by atoms with van der Waals surface area (Å²) in [5, 5.41) is 50.9. The van der Waals surface area contributed by atoms with E-state index < -0.39 is 34.9 Å². The highest BCUT2D eigenvalue weighted by Gasteiger charge is 2.60. The summed E-state index contributed by atoms with van der Waals surface area (Å²) >= 11 is 0. The number of carbonyl (C=O) groups excluding carboxylic acids is 2. The van der Waals surface area contributed by atoms with E-state index in [4.69, 9.17) is 9.83 Å². The van der Waals surface area contributed by atoms with E-state index in [1.807, 2.05) is 32.0 Å². The van der Waals surface area contributed by atoms with Crippen LogP contribution in [0.5, 0.6) is 5.95 Å². The highest BCUT2D eigenvalue weighted by Crippen LogP contribution is 2.62. The number of pyridine rings is 1. The van der Waals surface area contributed by atoms with Gasteiger partial charge in [-0.2, -0.15) is 4.99 Å². The molecule has 0 saturated heterocycles. The highest BCUT2D eigenvalue weighted by atomic mass is 16.5. The number of hydrogen-bond donors (Lipinski definition) is 7. The van der Waals surface area contributed by atoms with Gasteiger partial charge in [0.05, 0.1) is 43.3 Å². The molecular weight excluding hydrogens is 704 g/mol. The van der Waals surface area contributed by atoms with Crippen LogP contribution in [0.3, 0.4) is 0 Å². The first kappa shape index (κ1) is 38.0. The van der Waals surface area contributed by atoms with E-state index in [-0.39, 0.29) is 65.5 Å². The van der Waals surface area contributed by atoms with Gasteiger partial charge in [-0.15, -0.1) is 0 Å². The van der Waals surface area contributed by atoms with Gasteiger partial charge in [0.1, 0.15) is 22.9 Å². The Balaban J connectivity index is 1.26. The number of guanidine groups is 1. The quantitative estimate of drug-likeness (QED) is 0.133. The summed E-state index contributed by atoms with van der Waals surface area (Å²) in [6, 6.07) is 5.77. The molecule has 3 aromatic heterocycles. The minimum absolute atomic E-state index is 0.0491. The summed E-state index contributed by atoms with van der Waals surface area (Å²) in [4.78, 5) is 47.4. The predicted octanol–water partition coefficient (Wildman–Crippen LogP) is 1.92. The fourth-order valence-corrected chi connectivity index (χ4v) is 9.10. The Morgan fingerprint density at radius 2 is 2.11 bits per heavy atom. The molecular formula is C39H48N10O6. The number of Topliss-reactive ketones (excluding diaryl/α,β-unsaturated/α-hetero) is 1. The molecule has 290 valence electrons. The molecule has 1 amide bonds. The molecule has 2 fully saturated rings. The lowest BCUT2D eigenvalue weighted by Crippen LogP contribution is -2.62. The summed E-state index contributed by atoms with van der Waals surface area (Å²) in [5.74, 6) is -0.237. The van der Waals surface area contributed by atoms with Gasteiger partial charge in [-0.25, -0.2) is 15.0 Å². The number of ketones is 1. The molecule has 2 aliphatic heterocycles. The smallest absolute Gasteiger partial charge is 0.287 e. The molecule has 2 aliphatic carbocycles. The van der Waals surface area contributed by atoms with E-state index in [0.29, 0.717) is 54.9 Å². The Hall–Kier alpha value is -5.32. The zero-order valence-corrected chi connectivity index (χ0v) is 31.4. The van der Waals surface area contributed by atoms with Crippen LogP contribution in [0.1, 0.15) is 80.7 Å². The molecule has 0 spiro atoms. The lowest BCUT2D eigenvalue weighted by atomic mass is 9.45. The molecule has 4 aliphatic rings. The van der Waals surface area contributed by atoms with Crippen LogP contribution in [0.15, 0.2) is 62.0 Å². The van der Waals surface area contributed by atoms with E-state index >= 15 is 0 Å². The van der Waals surface area contributed by atoms with Crippen molar-refractivity contribution < 1.29 is 29.3 Å². The van der Waals surface area contributed by atoms with Gasteiger partial charge in [0, 0.05) is 37.0 Å². The summed E-state index contributed by atoms with van der Waals surface area (Å²) < 4.78 is 7.47. The van der Waals surface area contributed by atoms with E-state index in [1.54, 1.807) is 36.2 Å². The maximum atomic E-state index is 13.4. The number of nitrogens with zero attached hydrogens (tertiary/aromatic N) is 6. The van der Waals surface area contributed by atoms with Gasteiger partial charge in [0.25, 0.3) is 11.9 Å². The van der Waals surface area contributed by atoms with Crippen molar-refractivity contribution >= 4 is 41.6 Å². The molecule has 3 aromatic rings. The molecule has 0 bridgehead atoms. The van der Waals surface area contributed by atoms with Gasteiger partial charge in [0.2, 0.25) is 5.96 Å². The molecule has 0 aromatic carbocycles. The Morgan fingerprint density at radius 1 is 1.31 bits per heavy atom. The number of aliphatic imine (C=N–C) groups is 2. The van der Waals surface area contributed by atoms with Crippen LogP contribution in [-0.4, -0.2) is 90.9 Å². The molecule has 7 N–H and O–H groups in total. The number of fused-ring (bicyclic) bond motifs is 2. The molecule has 55 heavy (non-hydrogen) atoms. The van der Waals surface area contributed by atoms with Crippen LogP contribution in [0, 0.1) is 28.1 Å². The van der Waals surface area contributed by atoms with Gasteiger partial charge in [0.15, 0.2) is 17.0 Å². The van der Waals surface area contributed by atoms with E-state index in [1.165, 1.54) is 0 Å².